The van der Waals surface area contributed by atoms with Gasteiger partial charge in [-0.3, -0.25) is 0 Å². The number of aromatic amines is 1. The Kier molecular flexibility index (Phi) is 4.39. The maximum Gasteiger partial charge on any atom is 0.149 e. The molecular formula is C19H17N3O. The number of para-hydroxylation sites is 3. The zero-order chi connectivity index (χ0) is 16.1. The second-order valence-electron chi connectivity index (χ2n) is 5.16. The van der Waals surface area contributed by atoms with Crippen LogP contribution in [0.4, 0.5) is 0 Å². The summed E-state index contributed by atoms with van der Waals surface area (Å²) >= 11 is 0. The summed E-state index contributed by atoms with van der Waals surface area (Å²) < 4.78 is 5.74. The van der Waals surface area contributed by atoms with Crippen molar-refractivity contribution in [1.82, 2.24) is 9.97 Å². The fraction of sp³-hybridized carbons (Fsp3) is 0.158. The van der Waals surface area contributed by atoms with Gasteiger partial charge in [0, 0.05) is 5.56 Å². The van der Waals surface area contributed by atoms with Crippen molar-refractivity contribution in [2.75, 3.05) is 6.61 Å². The second-order valence-corrected chi connectivity index (χ2v) is 5.16. The van der Waals surface area contributed by atoms with E-state index in [1.807, 2.05) is 54.6 Å². The lowest BCUT2D eigenvalue weighted by atomic mass is 10.1. The number of hydrogen-bond donors (Lipinski definition) is 1. The highest BCUT2D eigenvalue weighted by Crippen LogP contribution is 2.24. The van der Waals surface area contributed by atoms with Crippen LogP contribution in [0.25, 0.3) is 22.7 Å². The van der Waals surface area contributed by atoms with Crippen LogP contribution >= 0.6 is 0 Å². The van der Waals surface area contributed by atoms with Crippen LogP contribution in [0.5, 0.6) is 5.75 Å². The SMILES string of the molecule is CCCOc1ccccc1C=C(C#N)c1nc2ccccc2[nH]1. The molecule has 0 aliphatic carbocycles. The summed E-state index contributed by atoms with van der Waals surface area (Å²) in [7, 11) is 0. The second kappa shape index (κ2) is 6.80. The largest absolute Gasteiger partial charge is 0.493 e. The van der Waals surface area contributed by atoms with Crippen LogP contribution in [-0.2, 0) is 0 Å². The smallest absolute Gasteiger partial charge is 0.149 e. The molecule has 0 spiro atoms. The van der Waals surface area contributed by atoms with Crippen molar-refractivity contribution in [3.8, 4) is 11.8 Å². The first kappa shape index (κ1) is 14.9. The van der Waals surface area contributed by atoms with Crippen LogP contribution in [0.2, 0.25) is 0 Å². The van der Waals surface area contributed by atoms with Gasteiger partial charge in [0.2, 0.25) is 0 Å². The van der Waals surface area contributed by atoms with Gasteiger partial charge in [0.15, 0.2) is 0 Å². The molecule has 0 saturated heterocycles. The van der Waals surface area contributed by atoms with E-state index in [1.165, 1.54) is 0 Å². The van der Waals surface area contributed by atoms with Gasteiger partial charge < -0.3 is 9.72 Å². The average molecular weight is 303 g/mol. The van der Waals surface area contributed by atoms with Crippen molar-refractivity contribution < 1.29 is 4.74 Å². The first-order valence-electron chi connectivity index (χ1n) is 7.60. The van der Waals surface area contributed by atoms with Gasteiger partial charge in [-0.05, 0) is 30.7 Å². The van der Waals surface area contributed by atoms with Crippen molar-refractivity contribution in [3.05, 3.63) is 59.9 Å². The summed E-state index contributed by atoms with van der Waals surface area (Å²) in [4.78, 5) is 7.67. The van der Waals surface area contributed by atoms with E-state index >= 15 is 0 Å². The summed E-state index contributed by atoms with van der Waals surface area (Å²) in [5.41, 5.74) is 3.12. The minimum Gasteiger partial charge on any atom is -0.493 e. The molecule has 4 nitrogen and oxygen atoms in total. The molecule has 3 aromatic rings. The van der Waals surface area contributed by atoms with Gasteiger partial charge in [0.1, 0.15) is 17.6 Å². The summed E-state index contributed by atoms with van der Waals surface area (Å²) in [5.74, 6) is 1.34. The molecule has 1 aromatic heterocycles. The first-order valence-corrected chi connectivity index (χ1v) is 7.60. The predicted molar refractivity (Wildman–Crippen MR) is 91.8 cm³/mol. The van der Waals surface area contributed by atoms with E-state index in [1.54, 1.807) is 0 Å². The Bertz CT molecular complexity index is 854. The molecule has 0 fully saturated rings. The number of allylic oxidation sites excluding steroid dienone is 1. The summed E-state index contributed by atoms with van der Waals surface area (Å²) in [6, 6.07) is 17.7. The van der Waals surface area contributed by atoms with Gasteiger partial charge >= 0.3 is 0 Å². The van der Waals surface area contributed by atoms with Crippen molar-refractivity contribution in [2.45, 2.75) is 13.3 Å². The van der Waals surface area contributed by atoms with Crippen LogP contribution in [0.3, 0.4) is 0 Å². The zero-order valence-electron chi connectivity index (χ0n) is 12.9. The van der Waals surface area contributed by atoms with Crippen molar-refractivity contribution in [1.29, 1.82) is 5.26 Å². The number of H-pyrrole nitrogens is 1. The summed E-state index contributed by atoms with van der Waals surface area (Å²) in [6.45, 7) is 2.71. The number of imidazole rings is 1. The Morgan fingerprint density at radius 1 is 1.22 bits per heavy atom. The van der Waals surface area contributed by atoms with Gasteiger partial charge in [-0.1, -0.05) is 37.3 Å². The van der Waals surface area contributed by atoms with Gasteiger partial charge in [0.05, 0.1) is 23.2 Å². The maximum absolute atomic E-state index is 9.51. The standard InChI is InChI=1S/C19H17N3O/c1-2-11-23-18-10-6-3-7-14(18)12-15(13-20)19-21-16-8-4-5-9-17(16)22-19/h3-10,12H,2,11H2,1H3,(H,21,22). The number of benzene rings is 2. The lowest BCUT2D eigenvalue weighted by molar-refractivity contribution is 0.317. The lowest BCUT2D eigenvalue weighted by Crippen LogP contribution is -1.97. The maximum atomic E-state index is 9.51. The number of nitriles is 1. The molecule has 1 N–H and O–H groups in total. The molecule has 3 rings (SSSR count). The van der Waals surface area contributed by atoms with Gasteiger partial charge in [0.25, 0.3) is 0 Å². The minimum absolute atomic E-state index is 0.480. The number of ether oxygens (including phenoxy) is 1. The number of hydrogen-bond acceptors (Lipinski definition) is 3. The molecule has 0 aliphatic heterocycles. The van der Waals surface area contributed by atoms with Crippen LogP contribution in [0.1, 0.15) is 24.7 Å². The summed E-state index contributed by atoms with van der Waals surface area (Å²) in [5, 5.41) is 9.51. The average Bonchev–Trinajstić information content (AvgIpc) is 3.02. The quantitative estimate of drug-likeness (QED) is 0.710. The molecule has 0 aliphatic rings. The summed E-state index contributed by atoms with van der Waals surface area (Å²) in [6.07, 6.45) is 2.75. The third kappa shape index (κ3) is 3.24. The van der Waals surface area contributed by atoms with E-state index in [0.29, 0.717) is 18.0 Å². The third-order valence-electron chi connectivity index (χ3n) is 3.45. The molecule has 0 unspecified atom stereocenters. The normalized spacial score (nSPS) is 11.4. The Morgan fingerprint density at radius 3 is 2.78 bits per heavy atom. The molecule has 0 saturated carbocycles. The number of fused-ring (bicyclic) bond motifs is 1. The highest BCUT2D eigenvalue weighted by molar-refractivity contribution is 5.91. The molecule has 4 heteroatoms. The first-order chi connectivity index (χ1) is 11.3. The van der Waals surface area contributed by atoms with Crippen LogP contribution < -0.4 is 4.74 Å². The number of rotatable bonds is 5. The highest BCUT2D eigenvalue weighted by Gasteiger charge is 2.09. The van der Waals surface area contributed by atoms with Gasteiger partial charge in [-0.25, -0.2) is 4.98 Å². The van der Waals surface area contributed by atoms with E-state index in [-0.39, 0.29) is 0 Å². The molecule has 0 bridgehead atoms. The predicted octanol–water partition coefficient (Wildman–Crippen LogP) is 4.42. The molecule has 114 valence electrons. The zero-order valence-corrected chi connectivity index (χ0v) is 12.9. The number of aromatic nitrogens is 2. The Balaban J connectivity index is 2.00. The Hall–Kier alpha value is -3.06. The molecule has 2 aromatic carbocycles. The Labute approximate surface area is 135 Å². The molecule has 0 radical (unpaired) electrons. The van der Waals surface area contributed by atoms with E-state index in [2.05, 4.69) is 23.0 Å². The van der Waals surface area contributed by atoms with Crippen LogP contribution in [0.15, 0.2) is 48.5 Å². The van der Waals surface area contributed by atoms with E-state index in [9.17, 15) is 5.26 Å². The molecule has 23 heavy (non-hydrogen) atoms. The molecule has 0 atom stereocenters. The van der Waals surface area contributed by atoms with Crippen LogP contribution in [-0.4, -0.2) is 16.6 Å². The molecule has 1 heterocycles. The van der Waals surface area contributed by atoms with Crippen LogP contribution in [0, 0.1) is 11.3 Å². The van der Waals surface area contributed by atoms with Crippen molar-refractivity contribution in [3.63, 3.8) is 0 Å². The minimum atomic E-state index is 0.480. The number of nitrogens with zero attached hydrogens (tertiary/aromatic N) is 2. The molecular weight excluding hydrogens is 286 g/mol. The van der Waals surface area contributed by atoms with Gasteiger partial charge in [-0.15, -0.1) is 0 Å². The third-order valence-corrected chi connectivity index (χ3v) is 3.45. The van der Waals surface area contributed by atoms with Crippen molar-refractivity contribution >= 4 is 22.7 Å². The van der Waals surface area contributed by atoms with E-state index in [4.69, 9.17) is 4.74 Å². The molecule has 0 amide bonds. The van der Waals surface area contributed by atoms with Gasteiger partial charge in [-0.2, -0.15) is 5.26 Å². The lowest BCUT2D eigenvalue weighted by Gasteiger charge is -2.08. The van der Waals surface area contributed by atoms with E-state index in [0.717, 1.165) is 28.8 Å². The van der Waals surface area contributed by atoms with E-state index < -0.39 is 0 Å². The van der Waals surface area contributed by atoms with Crippen molar-refractivity contribution in [2.24, 2.45) is 0 Å². The number of nitrogens with one attached hydrogen (secondary N) is 1. The monoisotopic (exact) mass is 303 g/mol. The topological polar surface area (TPSA) is 61.7 Å². The Morgan fingerprint density at radius 2 is 2.00 bits per heavy atom. The fourth-order valence-corrected chi connectivity index (χ4v) is 2.33. The fourth-order valence-electron chi connectivity index (χ4n) is 2.33. The highest BCUT2D eigenvalue weighted by atomic mass is 16.5.